The molecule has 0 N–H and O–H groups in total. The Labute approximate surface area is 117 Å². The summed E-state index contributed by atoms with van der Waals surface area (Å²) in [5.74, 6) is 0.922. The molecule has 1 aromatic carbocycles. The molecule has 2 rings (SSSR count). The lowest BCUT2D eigenvalue weighted by Gasteiger charge is -2.34. The van der Waals surface area contributed by atoms with Gasteiger partial charge in [0.1, 0.15) is 0 Å². The van der Waals surface area contributed by atoms with E-state index in [9.17, 15) is 0 Å². The lowest BCUT2D eigenvalue weighted by atomic mass is 9.94. The first-order chi connectivity index (χ1) is 8.24. The molecule has 0 atom stereocenters. The molecule has 94 valence electrons. The monoisotopic (exact) mass is 315 g/mol. The fourth-order valence-corrected chi connectivity index (χ4v) is 3.20. The first kappa shape index (κ1) is 13.2. The Bertz CT molecular complexity index is 372. The number of benzene rings is 1. The van der Waals surface area contributed by atoms with Crippen molar-refractivity contribution in [3.63, 3.8) is 0 Å². The second-order valence-corrected chi connectivity index (χ2v) is 5.74. The fourth-order valence-electron chi connectivity index (χ4n) is 2.55. The summed E-state index contributed by atoms with van der Waals surface area (Å²) in [6.07, 6.45) is 3.96. The van der Waals surface area contributed by atoms with Crippen LogP contribution in [0.5, 0.6) is 0 Å². The number of alkyl halides is 1. The van der Waals surface area contributed by atoms with Gasteiger partial charge in [-0.3, -0.25) is 0 Å². The van der Waals surface area contributed by atoms with Gasteiger partial charge in [-0.05, 0) is 42.5 Å². The summed E-state index contributed by atoms with van der Waals surface area (Å²) >= 11 is 9.59. The zero-order valence-corrected chi connectivity index (χ0v) is 12.6. The summed E-state index contributed by atoms with van der Waals surface area (Å²) < 4.78 is 0. The molecule has 0 spiro atoms. The van der Waals surface area contributed by atoms with Gasteiger partial charge in [-0.2, -0.15) is 0 Å². The molecule has 1 aliphatic heterocycles. The van der Waals surface area contributed by atoms with Crippen molar-refractivity contribution in [2.45, 2.75) is 31.5 Å². The molecule has 1 heterocycles. The van der Waals surface area contributed by atoms with Crippen LogP contribution in [0.1, 0.15) is 31.7 Å². The Balaban J connectivity index is 2.12. The summed E-state index contributed by atoms with van der Waals surface area (Å²) in [5.41, 5.74) is 2.65. The van der Waals surface area contributed by atoms with Crippen molar-refractivity contribution in [1.82, 2.24) is 0 Å². The third kappa shape index (κ3) is 3.17. The van der Waals surface area contributed by atoms with Crippen LogP contribution >= 0.6 is 27.5 Å². The first-order valence-electron chi connectivity index (χ1n) is 6.34. The molecular formula is C14H19BrClN. The maximum Gasteiger partial charge on any atom is 0.0410 e. The highest BCUT2D eigenvalue weighted by Gasteiger charge is 2.19. The van der Waals surface area contributed by atoms with Crippen LogP contribution in [0.3, 0.4) is 0 Å². The van der Waals surface area contributed by atoms with Gasteiger partial charge in [0.15, 0.2) is 0 Å². The number of rotatable bonds is 3. The van der Waals surface area contributed by atoms with Crippen LogP contribution in [0.25, 0.3) is 0 Å². The summed E-state index contributed by atoms with van der Waals surface area (Å²) in [4.78, 5) is 2.50. The van der Waals surface area contributed by atoms with Crippen LogP contribution in [-0.2, 0) is 5.33 Å². The average molecular weight is 317 g/mol. The minimum atomic E-state index is 0.826. The van der Waals surface area contributed by atoms with Crippen molar-refractivity contribution < 1.29 is 0 Å². The molecule has 0 unspecified atom stereocenters. The number of anilines is 1. The molecule has 1 aliphatic rings. The molecule has 17 heavy (non-hydrogen) atoms. The van der Waals surface area contributed by atoms with Gasteiger partial charge in [-0.15, -0.1) is 0 Å². The largest absolute Gasteiger partial charge is 0.371 e. The van der Waals surface area contributed by atoms with Crippen molar-refractivity contribution in [1.29, 1.82) is 0 Å². The van der Waals surface area contributed by atoms with E-state index in [2.05, 4.69) is 39.9 Å². The van der Waals surface area contributed by atoms with Crippen LogP contribution in [0.15, 0.2) is 18.2 Å². The van der Waals surface area contributed by atoms with E-state index in [0.717, 1.165) is 16.3 Å². The normalized spacial score (nSPS) is 17.5. The number of hydrogen-bond donors (Lipinski definition) is 0. The van der Waals surface area contributed by atoms with E-state index in [1.165, 1.54) is 43.6 Å². The van der Waals surface area contributed by atoms with Gasteiger partial charge in [-0.25, -0.2) is 0 Å². The maximum atomic E-state index is 6.04. The summed E-state index contributed by atoms with van der Waals surface area (Å²) in [6, 6.07) is 6.22. The van der Waals surface area contributed by atoms with Crippen LogP contribution in [-0.4, -0.2) is 13.1 Å². The maximum absolute atomic E-state index is 6.04. The van der Waals surface area contributed by atoms with Crippen molar-refractivity contribution in [3.05, 3.63) is 28.8 Å². The second-order valence-electron chi connectivity index (χ2n) is 4.75. The lowest BCUT2D eigenvalue weighted by Crippen LogP contribution is -2.34. The van der Waals surface area contributed by atoms with Crippen molar-refractivity contribution in [3.8, 4) is 0 Å². The Morgan fingerprint density at radius 1 is 1.35 bits per heavy atom. The lowest BCUT2D eigenvalue weighted by molar-refractivity contribution is 0.395. The Hall–Kier alpha value is -0.210. The molecule has 0 amide bonds. The van der Waals surface area contributed by atoms with E-state index in [-0.39, 0.29) is 0 Å². The average Bonchev–Trinajstić information content (AvgIpc) is 2.39. The predicted molar refractivity (Wildman–Crippen MR) is 79.3 cm³/mol. The first-order valence-corrected chi connectivity index (χ1v) is 7.84. The molecule has 3 heteroatoms. The third-order valence-electron chi connectivity index (χ3n) is 3.72. The molecule has 1 aromatic rings. The van der Waals surface area contributed by atoms with E-state index >= 15 is 0 Å². The summed E-state index contributed by atoms with van der Waals surface area (Å²) in [6.45, 7) is 4.66. The van der Waals surface area contributed by atoms with Crippen molar-refractivity contribution >= 4 is 33.2 Å². The Morgan fingerprint density at radius 2 is 2.06 bits per heavy atom. The molecule has 1 nitrogen and oxygen atoms in total. The minimum Gasteiger partial charge on any atom is -0.371 e. The highest BCUT2D eigenvalue weighted by Crippen LogP contribution is 2.30. The second kappa shape index (κ2) is 6.10. The minimum absolute atomic E-state index is 0.826. The Morgan fingerprint density at radius 3 is 2.65 bits per heavy atom. The van der Waals surface area contributed by atoms with Crippen LogP contribution < -0.4 is 4.90 Å². The standard InChI is InChI=1S/C14H19BrClN/c1-2-11-5-7-17(8-6-11)14-4-3-13(16)9-12(14)10-15/h3-4,9,11H,2,5-8,10H2,1H3. The molecule has 0 saturated carbocycles. The number of hydrogen-bond acceptors (Lipinski definition) is 1. The van der Waals surface area contributed by atoms with Crippen LogP contribution in [0.2, 0.25) is 5.02 Å². The van der Waals surface area contributed by atoms with Gasteiger partial charge in [0.05, 0.1) is 0 Å². The number of halogens is 2. The van der Waals surface area contributed by atoms with Gasteiger partial charge in [-0.1, -0.05) is 40.9 Å². The Kier molecular flexibility index (Phi) is 4.75. The quantitative estimate of drug-likeness (QED) is 0.720. The van der Waals surface area contributed by atoms with Gasteiger partial charge in [0, 0.05) is 29.1 Å². The highest BCUT2D eigenvalue weighted by molar-refractivity contribution is 9.08. The van der Waals surface area contributed by atoms with E-state index in [4.69, 9.17) is 11.6 Å². The zero-order valence-electron chi connectivity index (χ0n) is 10.3. The van der Waals surface area contributed by atoms with Crippen molar-refractivity contribution in [2.24, 2.45) is 5.92 Å². The molecule has 0 bridgehead atoms. The van der Waals surface area contributed by atoms with E-state index in [1.54, 1.807) is 0 Å². The molecule has 1 saturated heterocycles. The van der Waals surface area contributed by atoms with E-state index in [1.807, 2.05) is 6.07 Å². The number of nitrogens with zero attached hydrogens (tertiary/aromatic N) is 1. The fraction of sp³-hybridized carbons (Fsp3) is 0.571. The predicted octanol–water partition coefficient (Wildman–Crippen LogP) is 4.86. The molecule has 0 radical (unpaired) electrons. The van der Waals surface area contributed by atoms with Crippen LogP contribution in [0.4, 0.5) is 5.69 Å². The summed E-state index contributed by atoms with van der Waals surface area (Å²) in [5, 5.41) is 1.70. The summed E-state index contributed by atoms with van der Waals surface area (Å²) in [7, 11) is 0. The van der Waals surface area contributed by atoms with Gasteiger partial charge in [0.2, 0.25) is 0 Å². The number of piperidine rings is 1. The van der Waals surface area contributed by atoms with Gasteiger partial charge >= 0.3 is 0 Å². The third-order valence-corrected chi connectivity index (χ3v) is 4.56. The molecule has 1 fully saturated rings. The van der Waals surface area contributed by atoms with E-state index < -0.39 is 0 Å². The van der Waals surface area contributed by atoms with Crippen LogP contribution in [0, 0.1) is 5.92 Å². The molecule has 0 aromatic heterocycles. The smallest absolute Gasteiger partial charge is 0.0410 e. The van der Waals surface area contributed by atoms with Crippen molar-refractivity contribution in [2.75, 3.05) is 18.0 Å². The molecule has 0 aliphatic carbocycles. The van der Waals surface area contributed by atoms with Gasteiger partial charge < -0.3 is 4.90 Å². The highest BCUT2D eigenvalue weighted by atomic mass is 79.9. The topological polar surface area (TPSA) is 3.24 Å². The SMILES string of the molecule is CCC1CCN(c2ccc(Cl)cc2CBr)CC1. The van der Waals surface area contributed by atoms with E-state index in [0.29, 0.717) is 0 Å². The molecular weight excluding hydrogens is 298 g/mol. The van der Waals surface area contributed by atoms with Gasteiger partial charge in [0.25, 0.3) is 0 Å². The zero-order chi connectivity index (χ0) is 12.3.